The summed E-state index contributed by atoms with van der Waals surface area (Å²) in [6, 6.07) is 3.70. The van der Waals surface area contributed by atoms with Crippen LogP contribution in [0.3, 0.4) is 0 Å². The maximum atomic E-state index is 13.7. The smallest absolute Gasteiger partial charge is 0.285 e. The predicted molar refractivity (Wildman–Crippen MR) is 86.1 cm³/mol. The van der Waals surface area contributed by atoms with E-state index in [0.29, 0.717) is 31.8 Å². The van der Waals surface area contributed by atoms with Gasteiger partial charge in [0.15, 0.2) is 0 Å². The average molecular weight is 330 g/mol. The van der Waals surface area contributed by atoms with Crippen LogP contribution in [-0.4, -0.2) is 25.8 Å². The second-order valence-corrected chi connectivity index (χ2v) is 5.43. The number of rotatable bonds is 11. The van der Waals surface area contributed by atoms with Gasteiger partial charge in [0, 0.05) is 31.8 Å². The standard InChI is InChI=1S/C18H28F2O3/c1-5-21-18(22-6-2,23-7-3)14(4)9-8-10-15-11-12-16(19)13-17(15)20/h11-14H,5-10H2,1-4H3. The van der Waals surface area contributed by atoms with Gasteiger partial charge in [-0.2, -0.15) is 0 Å². The SMILES string of the molecule is CCOC(OCC)(OCC)C(C)CCCc1ccc(F)cc1F. The number of benzene rings is 1. The first-order valence-electron chi connectivity index (χ1n) is 8.34. The Morgan fingerprint density at radius 2 is 1.57 bits per heavy atom. The molecule has 0 aliphatic rings. The average Bonchev–Trinajstić information content (AvgIpc) is 2.50. The summed E-state index contributed by atoms with van der Waals surface area (Å²) in [4.78, 5) is 0. The summed E-state index contributed by atoms with van der Waals surface area (Å²) >= 11 is 0. The zero-order valence-electron chi connectivity index (χ0n) is 14.5. The molecule has 0 radical (unpaired) electrons. The summed E-state index contributed by atoms with van der Waals surface area (Å²) in [5, 5.41) is 0. The van der Waals surface area contributed by atoms with Gasteiger partial charge in [-0.25, -0.2) is 8.78 Å². The fourth-order valence-electron chi connectivity index (χ4n) is 2.66. The van der Waals surface area contributed by atoms with Crippen LogP contribution in [0.15, 0.2) is 18.2 Å². The summed E-state index contributed by atoms with van der Waals surface area (Å²) < 4.78 is 43.8. The first-order valence-corrected chi connectivity index (χ1v) is 8.34. The fourth-order valence-corrected chi connectivity index (χ4v) is 2.66. The van der Waals surface area contributed by atoms with Crippen LogP contribution < -0.4 is 0 Å². The van der Waals surface area contributed by atoms with Gasteiger partial charge in [0.25, 0.3) is 5.97 Å². The highest BCUT2D eigenvalue weighted by Gasteiger charge is 2.38. The lowest BCUT2D eigenvalue weighted by atomic mass is 9.98. The maximum absolute atomic E-state index is 13.7. The highest BCUT2D eigenvalue weighted by molar-refractivity contribution is 5.18. The van der Waals surface area contributed by atoms with Gasteiger partial charge in [0.2, 0.25) is 0 Å². The molecular formula is C18H28F2O3. The molecule has 0 saturated heterocycles. The van der Waals surface area contributed by atoms with Crippen LogP contribution >= 0.6 is 0 Å². The molecule has 23 heavy (non-hydrogen) atoms. The molecule has 0 aliphatic heterocycles. The van der Waals surface area contributed by atoms with Crippen molar-refractivity contribution in [3.05, 3.63) is 35.4 Å². The van der Waals surface area contributed by atoms with Gasteiger partial charge < -0.3 is 14.2 Å². The van der Waals surface area contributed by atoms with Crippen molar-refractivity contribution in [2.45, 2.75) is 52.9 Å². The zero-order valence-corrected chi connectivity index (χ0v) is 14.5. The Bertz CT molecular complexity index is 449. The predicted octanol–water partition coefficient (Wildman–Crippen LogP) is 4.69. The van der Waals surface area contributed by atoms with E-state index in [1.54, 1.807) is 0 Å². The van der Waals surface area contributed by atoms with Crippen LogP contribution in [0, 0.1) is 17.6 Å². The number of halogens is 2. The number of hydrogen-bond acceptors (Lipinski definition) is 3. The molecule has 5 heteroatoms. The molecule has 0 aliphatic carbocycles. The normalized spacial score (nSPS) is 13.3. The van der Waals surface area contributed by atoms with Crippen molar-refractivity contribution in [3.8, 4) is 0 Å². The van der Waals surface area contributed by atoms with Crippen molar-refractivity contribution in [2.24, 2.45) is 5.92 Å². The van der Waals surface area contributed by atoms with Crippen LogP contribution in [0.5, 0.6) is 0 Å². The molecule has 0 saturated carbocycles. The van der Waals surface area contributed by atoms with Gasteiger partial charge >= 0.3 is 0 Å². The Balaban J connectivity index is 2.65. The van der Waals surface area contributed by atoms with E-state index in [1.807, 2.05) is 27.7 Å². The van der Waals surface area contributed by atoms with E-state index in [-0.39, 0.29) is 5.92 Å². The van der Waals surface area contributed by atoms with E-state index in [9.17, 15) is 8.78 Å². The van der Waals surface area contributed by atoms with E-state index in [0.717, 1.165) is 18.9 Å². The second kappa shape index (κ2) is 9.96. The van der Waals surface area contributed by atoms with Gasteiger partial charge in [-0.3, -0.25) is 0 Å². The fraction of sp³-hybridized carbons (Fsp3) is 0.667. The third-order valence-corrected chi connectivity index (χ3v) is 3.74. The molecule has 0 heterocycles. The van der Waals surface area contributed by atoms with Gasteiger partial charge in [-0.15, -0.1) is 0 Å². The third-order valence-electron chi connectivity index (χ3n) is 3.74. The second-order valence-electron chi connectivity index (χ2n) is 5.43. The van der Waals surface area contributed by atoms with Gasteiger partial charge in [-0.1, -0.05) is 13.0 Å². The summed E-state index contributed by atoms with van der Waals surface area (Å²) in [6.07, 6.45) is 2.02. The van der Waals surface area contributed by atoms with Crippen molar-refractivity contribution in [1.82, 2.24) is 0 Å². The lowest BCUT2D eigenvalue weighted by molar-refractivity contribution is -0.400. The molecule has 0 N–H and O–H groups in total. The molecule has 0 fully saturated rings. The first kappa shape index (κ1) is 20.0. The van der Waals surface area contributed by atoms with Crippen molar-refractivity contribution in [2.75, 3.05) is 19.8 Å². The molecule has 1 aromatic carbocycles. The zero-order chi connectivity index (χ0) is 17.3. The molecule has 1 rings (SSSR count). The van der Waals surface area contributed by atoms with E-state index in [4.69, 9.17) is 14.2 Å². The molecule has 1 atom stereocenters. The summed E-state index contributed by atoms with van der Waals surface area (Å²) in [7, 11) is 0. The molecule has 1 unspecified atom stereocenters. The number of hydrogen-bond donors (Lipinski definition) is 0. The molecule has 1 aromatic rings. The van der Waals surface area contributed by atoms with Gasteiger partial charge in [-0.05, 0) is 51.7 Å². The minimum Gasteiger partial charge on any atom is -0.328 e. The maximum Gasteiger partial charge on any atom is 0.285 e. The molecule has 0 aromatic heterocycles. The van der Waals surface area contributed by atoms with Crippen LogP contribution in [0.25, 0.3) is 0 Å². The topological polar surface area (TPSA) is 27.7 Å². The molecule has 0 bridgehead atoms. The Labute approximate surface area is 137 Å². The first-order chi connectivity index (χ1) is 11.0. The van der Waals surface area contributed by atoms with E-state index in [2.05, 4.69) is 0 Å². The Morgan fingerprint density at radius 3 is 2.04 bits per heavy atom. The van der Waals surface area contributed by atoms with Crippen molar-refractivity contribution in [3.63, 3.8) is 0 Å². The molecule has 0 amide bonds. The van der Waals surface area contributed by atoms with E-state index < -0.39 is 17.6 Å². The van der Waals surface area contributed by atoms with Gasteiger partial charge in [0.05, 0.1) is 0 Å². The Hall–Kier alpha value is -1.04. The lowest BCUT2D eigenvalue weighted by Crippen LogP contribution is -2.45. The summed E-state index contributed by atoms with van der Waals surface area (Å²) in [5.41, 5.74) is 0.522. The van der Waals surface area contributed by atoms with Crippen molar-refractivity contribution in [1.29, 1.82) is 0 Å². The van der Waals surface area contributed by atoms with E-state index in [1.165, 1.54) is 12.1 Å². The molecular weight excluding hydrogens is 302 g/mol. The summed E-state index contributed by atoms with van der Waals surface area (Å²) in [6.45, 7) is 9.14. The summed E-state index contributed by atoms with van der Waals surface area (Å²) in [5.74, 6) is -2.11. The number of ether oxygens (including phenoxy) is 3. The van der Waals surface area contributed by atoms with Gasteiger partial charge in [0.1, 0.15) is 11.6 Å². The molecule has 3 nitrogen and oxygen atoms in total. The Morgan fingerprint density at radius 1 is 1.00 bits per heavy atom. The highest BCUT2D eigenvalue weighted by Crippen LogP contribution is 2.30. The molecule has 0 spiro atoms. The van der Waals surface area contributed by atoms with Crippen molar-refractivity contribution >= 4 is 0 Å². The highest BCUT2D eigenvalue weighted by atomic mass is 19.1. The lowest BCUT2D eigenvalue weighted by Gasteiger charge is -2.37. The number of aryl methyl sites for hydroxylation is 1. The minimum atomic E-state index is -1.06. The van der Waals surface area contributed by atoms with Crippen LogP contribution in [0.1, 0.15) is 46.1 Å². The largest absolute Gasteiger partial charge is 0.328 e. The third kappa shape index (κ3) is 5.83. The van der Waals surface area contributed by atoms with Crippen molar-refractivity contribution < 1.29 is 23.0 Å². The van der Waals surface area contributed by atoms with Crippen LogP contribution in [0.4, 0.5) is 8.78 Å². The van der Waals surface area contributed by atoms with Crippen LogP contribution in [-0.2, 0) is 20.6 Å². The Kier molecular flexibility index (Phi) is 8.66. The monoisotopic (exact) mass is 330 g/mol. The van der Waals surface area contributed by atoms with Crippen LogP contribution in [0.2, 0.25) is 0 Å². The van der Waals surface area contributed by atoms with E-state index >= 15 is 0 Å². The quantitative estimate of drug-likeness (QED) is 0.551. The minimum absolute atomic E-state index is 0.00846. The molecule has 132 valence electrons.